The van der Waals surface area contributed by atoms with E-state index < -0.39 is 17.5 Å². The number of amides is 1. The third-order valence-electron chi connectivity index (χ3n) is 4.57. The zero-order valence-corrected chi connectivity index (χ0v) is 18.2. The summed E-state index contributed by atoms with van der Waals surface area (Å²) in [6, 6.07) is 6.62. The molecule has 3 aromatic rings. The summed E-state index contributed by atoms with van der Waals surface area (Å²) in [6.07, 6.45) is 0. The Labute approximate surface area is 181 Å². The van der Waals surface area contributed by atoms with Crippen LogP contribution in [-0.4, -0.2) is 42.0 Å². The number of hydrogen-bond acceptors (Lipinski definition) is 4. The highest BCUT2D eigenvalue weighted by atomic mass is 35.5. The number of benzene rings is 2. The smallest absolute Gasteiger partial charge is 0.261 e. The molecule has 2 aromatic carbocycles. The molecule has 0 spiro atoms. The number of rotatable bonds is 7. The van der Waals surface area contributed by atoms with Gasteiger partial charge in [0.1, 0.15) is 11.3 Å². The Balaban J connectivity index is 2.04. The van der Waals surface area contributed by atoms with Gasteiger partial charge in [0.25, 0.3) is 5.91 Å². The van der Waals surface area contributed by atoms with E-state index in [4.69, 9.17) is 23.2 Å². The van der Waals surface area contributed by atoms with Crippen molar-refractivity contribution in [3.05, 3.63) is 57.6 Å². The van der Waals surface area contributed by atoms with Gasteiger partial charge in [-0.25, -0.2) is 13.8 Å². The first-order valence-corrected chi connectivity index (χ1v) is 10.7. The topological polar surface area (TPSA) is 36.4 Å². The van der Waals surface area contributed by atoms with Crippen LogP contribution in [0.2, 0.25) is 10.0 Å². The van der Waals surface area contributed by atoms with Crippen LogP contribution in [0.5, 0.6) is 0 Å². The number of hydrogen-bond donors (Lipinski definition) is 0. The number of aromatic nitrogens is 1. The monoisotopic (exact) mass is 457 g/mol. The fraction of sp³-hybridized carbons (Fsp3) is 0.300. The summed E-state index contributed by atoms with van der Waals surface area (Å²) in [7, 11) is 0. The van der Waals surface area contributed by atoms with Crippen LogP contribution in [0.25, 0.3) is 10.2 Å². The fourth-order valence-corrected chi connectivity index (χ4v) is 4.33. The summed E-state index contributed by atoms with van der Waals surface area (Å²) >= 11 is 13.3. The van der Waals surface area contributed by atoms with Gasteiger partial charge in [0.2, 0.25) is 0 Å². The number of anilines is 1. The molecule has 1 heterocycles. The average Bonchev–Trinajstić information content (AvgIpc) is 3.10. The van der Waals surface area contributed by atoms with E-state index in [9.17, 15) is 13.6 Å². The second-order valence-corrected chi connectivity index (χ2v) is 8.19. The standard InChI is InChI=1S/C20H19Cl2F2N3OS/c1-3-26(4-2)7-8-27(19(28)14-9-12(21)5-6-15(14)22)20-25-18-16(24)10-13(23)11-17(18)29-20/h5-6,9-11H,3-4,7-8H2,1-2H3. The van der Waals surface area contributed by atoms with Gasteiger partial charge in [-0.15, -0.1) is 0 Å². The molecule has 0 aliphatic carbocycles. The molecule has 1 aromatic heterocycles. The zero-order chi connectivity index (χ0) is 21.1. The molecule has 0 atom stereocenters. The van der Waals surface area contributed by atoms with Gasteiger partial charge < -0.3 is 4.90 Å². The SMILES string of the molecule is CCN(CC)CCN(C(=O)c1cc(Cl)ccc1Cl)c1nc2c(F)cc(F)cc2s1. The van der Waals surface area contributed by atoms with Crippen molar-refractivity contribution in [2.75, 3.05) is 31.1 Å². The lowest BCUT2D eigenvalue weighted by Crippen LogP contribution is -2.39. The summed E-state index contributed by atoms with van der Waals surface area (Å²) in [5.41, 5.74) is 0.258. The highest BCUT2D eigenvalue weighted by Crippen LogP contribution is 2.33. The molecule has 9 heteroatoms. The van der Waals surface area contributed by atoms with E-state index in [1.165, 1.54) is 17.0 Å². The molecule has 4 nitrogen and oxygen atoms in total. The molecule has 0 unspecified atom stereocenters. The van der Waals surface area contributed by atoms with Crippen LogP contribution in [0.1, 0.15) is 24.2 Å². The molecule has 0 saturated heterocycles. The zero-order valence-electron chi connectivity index (χ0n) is 15.9. The molecule has 0 N–H and O–H groups in total. The molecule has 0 aliphatic heterocycles. The van der Waals surface area contributed by atoms with Crippen LogP contribution in [0, 0.1) is 11.6 Å². The Morgan fingerprint density at radius 2 is 1.83 bits per heavy atom. The third-order valence-corrected chi connectivity index (χ3v) is 6.16. The second kappa shape index (κ2) is 9.34. The van der Waals surface area contributed by atoms with Crippen molar-refractivity contribution in [3.8, 4) is 0 Å². The van der Waals surface area contributed by atoms with Gasteiger partial charge in [0.05, 0.1) is 15.3 Å². The Morgan fingerprint density at radius 1 is 1.10 bits per heavy atom. The van der Waals surface area contributed by atoms with E-state index in [1.54, 1.807) is 12.1 Å². The fourth-order valence-electron chi connectivity index (χ4n) is 2.93. The number of thiazole rings is 1. The Morgan fingerprint density at radius 3 is 2.52 bits per heavy atom. The molecule has 1 amide bonds. The van der Waals surface area contributed by atoms with Crippen molar-refractivity contribution < 1.29 is 13.6 Å². The predicted octanol–water partition coefficient (Wildman–Crippen LogP) is 5.87. The number of fused-ring (bicyclic) bond motifs is 1. The maximum Gasteiger partial charge on any atom is 0.261 e. The first-order chi connectivity index (χ1) is 13.8. The summed E-state index contributed by atoms with van der Waals surface area (Å²) in [5, 5.41) is 0.905. The summed E-state index contributed by atoms with van der Waals surface area (Å²) in [4.78, 5) is 21.2. The average molecular weight is 458 g/mol. The largest absolute Gasteiger partial charge is 0.302 e. The minimum absolute atomic E-state index is 0.0317. The highest BCUT2D eigenvalue weighted by Gasteiger charge is 2.25. The molecular weight excluding hydrogens is 439 g/mol. The minimum atomic E-state index is -0.764. The van der Waals surface area contributed by atoms with Crippen molar-refractivity contribution in [3.63, 3.8) is 0 Å². The molecule has 0 radical (unpaired) electrons. The van der Waals surface area contributed by atoms with Crippen LogP contribution < -0.4 is 4.90 Å². The lowest BCUT2D eigenvalue weighted by Gasteiger charge is -2.25. The lowest BCUT2D eigenvalue weighted by molar-refractivity contribution is 0.0984. The summed E-state index contributed by atoms with van der Waals surface area (Å²) < 4.78 is 28.1. The van der Waals surface area contributed by atoms with Gasteiger partial charge in [-0.2, -0.15) is 0 Å². The van der Waals surface area contributed by atoms with Crippen molar-refractivity contribution in [2.45, 2.75) is 13.8 Å². The van der Waals surface area contributed by atoms with Crippen molar-refractivity contribution >= 4 is 55.8 Å². The van der Waals surface area contributed by atoms with Crippen LogP contribution in [-0.2, 0) is 0 Å². The highest BCUT2D eigenvalue weighted by molar-refractivity contribution is 7.22. The van der Waals surface area contributed by atoms with E-state index >= 15 is 0 Å². The Kier molecular flexibility index (Phi) is 7.05. The number of carbonyl (C=O) groups is 1. The van der Waals surface area contributed by atoms with Crippen LogP contribution in [0.4, 0.5) is 13.9 Å². The first kappa shape index (κ1) is 21.9. The van der Waals surface area contributed by atoms with Gasteiger partial charge in [-0.05, 0) is 37.4 Å². The minimum Gasteiger partial charge on any atom is -0.302 e. The van der Waals surface area contributed by atoms with E-state index in [0.717, 1.165) is 30.5 Å². The molecular formula is C20H19Cl2F2N3OS. The summed E-state index contributed by atoms with van der Waals surface area (Å²) in [6.45, 7) is 6.59. The van der Waals surface area contributed by atoms with Crippen LogP contribution >= 0.6 is 34.5 Å². The quantitative estimate of drug-likeness (QED) is 0.445. The van der Waals surface area contributed by atoms with Crippen molar-refractivity contribution in [1.82, 2.24) is 9.88 Å². The Bertz CT molecular complexity index is 1040. The molecule has 0 saturated carbocycles. The van der Waals surface area contributed by atoms with Gasteiger partial charge in [0.15, 0.2) is 10.9 Å². The predicted molar refractivity (Wildman–Crippen MR) is 115 cm³/mol. The number of halogens is 4. The van der Waals surface area contributed by atoms with E-state index in [-0.39, 0.29) is 21.2 Å². The van der Waals surface area contributed by atoms with Crippen molar-refractivity contribution in [1.29, 1.82) is 0 Å². The van der Waals surface area contributed by atoms with Gasteiger partial charge in [-0.3, -0.25) is 9.69 Å². The number of likely N-dealkylation sites (N-methyl/N-ethyl adjacent to an activating group) is 1. The molecule has 0 bridgehead atoms. The maximum atomic E-state index is 14.1. The molecule has 0 aliphatic rings. The van der Waals surface area contributed by atoms with Gasteiger partial charge >= 0.3 is 0 Å². The third kappa shape index (κ3) is 4.86. The first-order valence-electron chi connectivity index (χ1n) is 9.08. The van der Waals surface area contributed by atoms with E-state index in [0.29, 0.717) is 22.8 Å². The van der Waals surface area contributed by atoms with Gasteiger partial charge in [-0.1, -0.05) is 48.4 Å². The molecule has 154 valence electrons. The molecule has 0 fully saturated rings. The van der Waals surface area contributed by atoms with Crippen molar-refractivity contribution in [2.24, 2.45) is 0 Å². The lowest BCUT2D eigenvalue weighted by atomic mass is 10.2. The normalized spacial score (nSPS) is 11.4. The molecule has 29 heavy (non-hydrogen) atoms. The van der Waals surface area contributed by atoms with Gasteiger partial charge in [0, 0.05) is 24.2 Å². The van der Waals surface area contributed by atoms with Crippen LogP contribution in [0.15, 0.2) is 30.3 Å². The second-order valence-electron chi connectivity index (χ2n) is 6.34. The number of carbonyl (C=O) groups excluding carboxylic acids is 1. The van der Waals surface area contributed by atoms with E-state index in [2.05, 4.69) is 9.88 Å². The molecule has 3 rings (SSSR count). The van der Waals surface area contributed by atoms with Crippen LogP contribution in [0.3, 0.4) is 0 Å². The summed E-state index contributed by atoms with van der Waals surface area (Å²) in [5.74, 6) is -1.85. The Hall–Kier alpha value is -1.80. The number of nitrogens with zero attached hydrogens (tertiary/aromatic N) is 3. The van der Waals surface area contributed by atoms with E-state index in [1.807, 2.05) is 13.8 Å². The maximum absolute atomic E-state index is 14.1.